The molecule has 0 unspecified atom stereocenters. The van der Waals surface area contributed by atoms with Crippen molar-refractivity contribution in [2.75, 3.05) is 0 Å². The molecular weight excluding hydrogens is 270 g/mol. The molecule has 2 nitrogen and oxygen atoms in total. The van der Waals surface area contributed by atoms with Gasteiger partial charge in [-0.1, -0.05) is 50.6 Å². The molecule has 2 rings (SSSR count). The molecule has 0 aromatic heterocycles. The molecule has 0 aliphatic rings. The van der Waals surface area contributed by atoms with Crippen LogP contribution >= 0.6 is 11.6 Å². The van der Waals surface area contributed by atoms with Gasteiger partial charge in [-0.2, -0.15) is 0 Å². The minimum atomic E-state index is -0.176. The van der Waals surface area contributed by atoms with Gasteiger partial charge in [-0.25, -0.2) is 0 Å². The number of aliphatic imine (C=N–C) groups is 1. The van der Waals surface area contributed by atoms with E-state index in [1.165, 1.54) is 0 Å². The Kier molecular flexibility index (Phi) is 4.15. The van der Waals surface area contributed by atoms with Gasteiger partial charge in [0.1, 0.15) is 5.75 Å². The Hall–Kier alpha value is -1.80. The van der Waals surface area contributed by atoms with E-state index in [0.29, 0.717) is 10.6 Å². The predicted molar refractivity (Wildman–Crippen MR) is 85.5 cm³/mol. The van der Waals surface area contributed by atoms with Crippen LogP contribution in [0.4, 0.5) is 5.69 Å². The first-order chi connectivity index (χ1) is 9.38. The first kappa shape index (κ1) is 14.6. The van der Waals surface area contributed by atoms with Gasteiger partial charge in [-0.15, -0.1) is 0 Å². The van der Waals surface area contributed by atoms with Crippen LogP contribution in [0.1, 0.15) is 31.9 Å². The summed E-state index contributed by atoms with van der Waals surface area (Å²) in [5.74, 6) is 0.238. The van der Waals surface area contributed by atoms with E-state index in [9.17, 15) is 5.11 Å². The average molecular weight is 288 g/mol. The summed E-state index contributed by atoms with van der Waals surface area (Å²) in [5.41, 5.74) is 2.11. The number of para-hydroxylation sites is 1. The minimum Gasteiger partial charge on any atom is -0.507 e. The summed E-state index contributed by atoms with van der Waals surface area (Å²) in [6.45, 7) is 6.11. The van der Waals surface area contributed by atoms with Gasteiger partial charge in [0.05, 0.1) is 5.69 Å². The number of phenols is 1. The highest BCUT2D eigenvalue weighted by atomic mass is 35.5. The second kappa shape index (κ2) is 5.68. The van der Waals surface area contributed by atoms with Crippen LogP contribution < -0.4 is 0 Å². The number of benzene rings is 2. The van der Waals surface area contributed by atoms with Crippen molar-refractivity contribution in [2.45, 2.75) is 26.2 Å². The number of hydrogen-bond donors (Lipinski definition) is 1. The monoisotopic (exact) mass is 287 g/mol. The third kappa shape index (κ3) is 3.40. The number of halogens is 1. The summed E-state index contributed by atoms with van der Waals surface area (Å²) in [6.07, 6.45) is 1.64. The van der Waals surface area contributed by atoms with E-state index in [0.717, 1.165) is 11.3 Å². The van der Waals surface area contributed by atoms with E-state index < -0.39 is 0 Å². The van der Waals surface area contributed by atoms with Crippen molar-refractivity contribution in [2.24, 2.45) is 4.99 Å². The number of rotatable bonds is 2. The molecule has 0 atom stereocenters. The molecule has 0 bridgehead atoms. The van der Waals surface area contributed by atoms with Gasteiger partial charge in [-0.05, 0) is 29.7 Å². The van der Waals surface area contributed by atoms with Crippen molar-refractivity contribution >= 4 is 23.5 Å². The Bertz CT molecular complexity index is 627. The molecule has 1 N–H and O–H groups in total. The second-order valence-electron chi connectivity index (χ2n) is 5.73. The Labute approximate surface area is 124 Å². The van der Waals surface area contributed by atoms with Gasteiger partial charge in [0.15, 0.2) is 0 Å². The summed E-state index contributed by atoms with van der Waals surface area (Å²) in [7, 11) is 0. The van der Waals surface area contributed by atoms with Crippen LogP contribution in [-0.4, -0.2) is 11.3 Å². The molecule has 20 heavy (non-hydrogen) atoms. The molecule has 2 aromatic carbocycles. The number of aromatic hydroxyl groups is 1. The van der Waals surface area contributed by atoms with Crippen molar-refractivity contribution in [3.05, 3.63) is 58.6 Å². The maximum Gasteiger partial charge on any atom is 0.128 e. The maximum absolute atomic E-state index is 10.4. The van der Waals surface area contributed by atoms with Crippen LogP contribution in [0.5, 0.6) is 5.75 Å². The molecule has 0 aliphatic heterocycles. The molecule has 0 radical (unpaired) electrons. The molecule has 0 aliphatic carbocycles. The Morgan fingerprint density at radius 3 is 2.35 bits per heavy atom. The van der Waals surface area contributed by atoms with Gasteiger partial charge < -0.3 is 5.11 Å². The van der Waals surface area contributed by atoms with E-state index in [-0.39, 0.29) is 11.2 Å². The van der Waals surface area contributed by atoms with E-state index in [1.807, 2.05) is 51.1 Å². The van der Waals surface area contributed by atoms with E-state index in [2.05, 4.69) is 4.99 Å². The second-order valence-corrected chi connectivity index (χ2v) is 6.17. The fraction of sp³-hybridized carbons (Fsp3) is 0.235. The molecule has 0 fully saturated rings. The Morgan fingerprint density at radius 2 is 1.75 bits per heavy atom. The largest absolute Gasteiger partial charge is 0.507 e. The van der Waals surface area contributed by atoms with Crippen molar-refractivity contribution in [3.8, 4) is 5.75 Å². The van der Waals surface area contributed by atoms with Crippen molar-refractivity contribution in [1.82, 2.24) is 0 Å². The molecule has 0 spiro atoms. The van der Waals surface area contributed by atoms with Crippen molar-refractivity contribution in [1.29, 1.82) is 0 Å². The van der Waals surface area contributed by atoms with E-state index >= 15 is 0 Å². The van der Waals surface area contributed by atoms with Gasteiger partial charge >= 0.3 is 0 Å². The molecule has 104 valence electrons. The summed E-state index contributed by atoms with van der Waals surface area (Å²) >= 11 is 6.14. The quantitative estimate of drug-likeness (QED) is 0.766. The molecule has 3 heteroatoms. The van der Waals surface area contributed by atoms with Gasteiger partial charge in [0, 0.05) is 22.4 Å². The predicted octanol–water partition coefficient (Wildman–Crippen LogP) is 5.09. The zero-order chi connectivity index (χ0) is 14.8. The summed E-state index contributed by atoms with van der Waals surface area (Å²) in [6, 6.07) is 13.1. The maximum atomic E-state index is 10.4. The van der Waals surface area contributed by atoms with Crippen LogP contribution in [0.2, 0.25) is 5.02 Å². The summed E-state index contributed by atoms with van der Waals surface area (Å²) in [5, 5.41) is 11.0. The van der Waals surface area contributed by atoms with Crippen LogP contribution in [0.25, 0.3) is 0 Å². The lowest BCUT2D eigenvalue weighted by atomic mass is 9.85. The van der Waals surface area contributed by atoms with Crippen LogP contribution in [-0.2, 0) is 5.41 Å². The number of phenolic OH excluding ortho intramolecular Hbond substituents is 1. The molecule has 0 saturated heterocycles. The van der Waals surface area contributed by atoms with Crippen LogP contribution in [0.15, 0.2) is 47.5 Å². The zero-order valence-electron chi connectivity index (χ0n) is 11.9. The highest BCUT2D eigenvalue weighted by molar-refractivity contribution is 6.31. The molecular formula is C17H18ClNO. The highest BCUT2D eigenvalue weighted by Gasteiger charge is 2.20. The Morgan fingerprint density at radius 1 is 1.10 bits per heavy atom. The lowest BCUT2D eigenvalue weighted by molar-refractivity contribution is 0.446. The third-order valence-electron chi connectivity index (χ3n) is 3.02. The summed E-state index contributed by atoms with van der Waals surface area (Å²) < 4.78 is 0. The smallest absolute Gasteiger partial charge is 0.128 e. The van der Waals surface area contributed by atoms with Gasteiger partial charge in [0.2, 0.25) is 0 Å². The fourth-order valence-corrected chi connectivity index (χ4v) is 2.18. The van der Waals surface area contributed by atoms with Crippen molar-refractivity contribution < 1.29 is 5.11 Å². The topological polar surface area (TPSA) is 32.6 Å². The first-order valence-corrected chi connectivity index (χ1v) is 6.88. The standard InChI is InChI=1S/C17H18ClNO/c1-17(2,3)15-10-13(18)9-12(16(15)20)11-19-14-7-5-4-6-8-14/h4-11,20H,1-3H3. The fourth-order valence-electron chi connectivity index (χ4n) is 1.95. The highest BCUT2D eigenvalue weighted by Crippen LogP contribution is 2.35. The average Bonchev–Trinajstić information content (AvgIpc) is 2.39. The number of nitrogens with zero attached hydrogens (tertiary/aromatic N) is 1. The zero-order valence-corrected chi connectivity index (χ0v) is 12.6. The normalized spacial score (nSPS) is 12.0. The lowest BCUT2D eigenvalue weighted by Gasteiger charge is -2.21. The van der Waals surface area contributed by atoms with E-state index in [1.54, 1.807) is 18.3 Å². The van der Waals surface area contributed by atoms with Gasteiger partial charge in [-0.3, -0.25) is 4.99 Å². The van der Waals surface area contributed by atoms with Crippen molar-refractivity contribution in [3.63, 3.8) is 0 Å². The Balaban J connectivity index is 2.43. The van der Waals surface area contributed by atoms with Gasteiger partial charge in [0.25, 0.3) is 0 Å². The van der Waals surface area contributed by atoms with Crippen LogP contribution in [0.3, 0.4) is 0 Å². The minimum absolute atomic E-state index is 0.176. The molecule has 0 heterocycles. The molecule has 2 aromatic rings. The molecule has 0 saturated carbocycles. The summed E-state index contributed by atoms with van der Waals surface area (Å²) in [4.78, 5) is 4.36. The van der Waals surface area contributed by atoms with E-state index in [4.69, 9.17) is 11.6 Å². The third-order valence-corrected chi connectivity index (χ3v) is 3.24. The van der Waals surface area contributed by atoms with Crippen LogP contribution in [0, 0.1) is 0 Å². The lowest BCUT2D eigenvalue weighted by Crippen LogP contribution is -2.12. The number of hydrogen-bond acceptors (Lipinski definition) is 2. The molecule has 0 amide bonds. The SMILES string of the molecule is CC(C)(C)c1cc(Cl)cc(C=Nc2ccccc2)c1O. The first-order valence-electron chi connectivity index (χ1n) is 6.50.